The highest BCUT2D eigenvalue weighted by Crippen LogP contribution is 2.20. The molecule has 0 saturated heterocycles. The van der Waals surface area contributed by atoms with Crippen molar-refractivity contribution in [2.24, 2.45) is 0 Å². The van der Waals surface area contributed by atoms with Crippen LogP contribution in [0.15, 0.2) is 34.9 Å². The van der Waals surface area contributed by atoms with Crippen LogP contribution in [0.5, 0.6) is 0 Å². The van der Waals surface area contributed by atoms with E-state index in [0.29, 0.717) is 0 Å². The van der Waals surface area contributed by atoms with Gasteiger partial charge in [-0.15, -0.1) is 0 Å². The molecule has 0 unspecified atom stereocenters. The summed E-state index contributed by atoms with van der Waals surface area (Å²) in [6.07, 6.45) is 0.922. The fraction of sp³-hybridized carbons (Fsp3) is 0. The van der Waals surface area contributed by atoms with Gasteiger partial charge in [0.15, 0.2) is 5.76 Å². The third kappa shape index (κ3) is 2.92. The van der Waals surface area contributed by atoms with Gasteiger partial charge in [0.05, 0.1) is 11.3 Å². The lowest BCUT2D eigenvalue weighted by Gasteiger charge is -2.04. The molecule has 0 aliphatic carbocycles. The van der Waals surface area contributed by atoms with Crippen LogP contribution in [0.2, 0.25) is 5.02 Å². The van der Waals surface area contributed by atoms with Crippen molar-refractivity contribution in [1.82, 2.24) is 0 Å². The maximum atomic E-state index is 13.4. The highest BCUT2D eigenvalue weighted by atomic mass is 35.5. The van der Waals surface area contributed by atoms with Gasteiger partial charge in [0, 0.05) is 11.1 Å². The number of rotatable bonds is 3. The first-order valence-electron chi connectivity index (χ1n) is 5.05. The topological polar surface area (TPSA) is 79.5 Å². The molecule has 1 amide bonds. The first-order valence-corrected chi connectivity index (χ1v) is 5.43. The minimum Gasteiger partial charge on any atom is -0.478 e. The summed E-state index contributed by atoms with van der Waals surface area (Å²) in [5, 5.41) is 11.2. The zero-order valence-electron chi connectivity index (χ0n) is 9.31. The molecule has 1 heterocycles. The molecule has 2 N–H and O–H groups in total. The number of carbonyl (C=O) groups excluding carboxylic acids is 1. The molecule has 2 aromatic rings. The quantitative estimate of drug-likeness (QED) is 0.907. The lowest BCUT2D eigenvalue weighted by Crippen LogP contribution is -2.12. The number of hydrogen-bond donors (Lipinski definition) is 2. The molecule has 0 spiro atoms. The van der Waals surface area contributed by atoms with Crippen molar-refractivity contribution in [3.63, 3.8) is 0 Å². The number of carboxylic acid groups (broad SMARTS) is 1. The molecule has 2 rings (SSSR count). The van der Waals surface area contributed by atoms with E-state index in [1.54, 1.807) is 0 Å². The molecule has 7 heteroatoms. The first-order chi connectivity index (χ1) is 8.97. The van der Waals surface area contributed by atoms with Crippen molar-refractivity contribution in [3.8, 4) is 0 Å². The van der Waals surface area contributed by atoms with E-state index in [-0.39, 0.29) is 22.0 Å². The van der Waals surface area contributed by atoms with Crippen molar-refractivity contribution in [3.05, 3.63) is 52.7 Å². The van der Waals surface area contributed by atoms with Gasteiger partial charge in [-0.3, -0.25) is 4.79 Å². The zero-order chi connectivity index (χ0) is 14.0. The van der Waals surface area contributed by atoms with Gasteiger partial charge in [0.2, 0.25) is 0 Å². The van der Waals surface area contributed by atoms with E-state index in [4.69, 9.17) is 21.1 Å². The number of carbonyl (C=O) groups is 2. The monoisotopic (exact) mass is 283 g/mol. The number of furan rings is 1. The molecule has 1 aromatic heterocycles. The molecule has 0 aliphatic rings. The average molecular weight is 284 g/mol. The molecular formula is C12H7ClFNO4. The summed E-state index contributed by atoms with van der Waals surface area (Å²) in [7, 11) is 0. The number of carboxylic acids is 1. The Bertz CT molecular complexity index is 653. The number of aromatic carboxylic acids is 1. The predicted molar refractivity (Wildman–Crippen MR) is 65.0 cm³/mol. The Labute approximate surface area is 111 Å². The normalized spacial score (nSPS) is 10.2. The Morgan fingerprint density at radius 3 is 2.68 bits per heavy atom. The molecule has 0 saturated carbocycles. The molecule has 0 bridgehead atoms. The van der Waals surface area contributed by atoms with E-state index in [9.17, 15) is 14.0 Å². The van der Waals surface area contributed by atoms with Crippen molar-refractivity contribution in [2.75, 3.05) is 5.32 Å². The number of hydrogen-bond acceptors (Lipinski definition) is 3. The van der Waals surface area contributed by atoms with Crippen molar-refractivity contribution in [1.29, 1.82) is 0 Å². The number of benzene rings is 1. The van der Waals surface area contributed by atoms with Crippen LogP contribution in [0, 0.1) is 5.82 Å². The van der Waals surface area contributed by atoms with Crippen LogP contribution in [0.3, 0.4) is 0 Å². The first kappa shape index (κ1) is 13.1. The lowest BCUT2D eigenvalue weighted by atomic mass is 10.2. The van der Waals surface area contributed by atoms with E-state index >= 15 is 0 Å². The van der Waals surface area contributed by atoms with Crippen LogP contribution in [0.25, 0.3) is 0 Å². The molecule has 0 atom stereocenters. The second-order valence-corrected chi connectivity index (χ2v) is 4.02. The van der Waals surface area contributed by atoms with Gasteiger partial charge in [0.25, 0.3) is 5.91 Å². The third-order valence-corrected chi connectivity index (χ3v) is 2.48. The number of nitrogens with one attached hydrogen (secondary N) is 1. The molecule has 19 heavy (non-hydrogen) atoms. The third-order valence-electron chi connectivity index (χ3n) is 2.25. The van der Waals surface area contributed by atoms with Crippen molar-refractivity contribution >= 4 is 29.2 Å². The Kier molecular flexibility index (Phi) is 3.52. The molecule has 5 nitrogen and oxygen atoms in total. The maximum absolute atomic E-state index is 13.4. The summed E-state index contributed by atoms with van der Waals surface area (Å²) in [5.41, 5.74) is -0.289. The Balaban J connectivity index is 2.20. The Morgan fingerprint density at radius 1 is 1.32 bits per heavy atom. The second kappa shape index (κ2) is 5.11. The van der Waals surface area contributed by atoms with Gasteiger partial charge in [-0.05, 0) is 18.2 Å². The fourth-order valence-corrected chi connectivity index (χ4v) is 1.52. The molecule has 98 valence electrons. The summed E-state index contributed by atoms with van der Waals surface area (Å²) >= 11 is 5.67. The Morgan fingerprint density at radius 2 is 2.05 bits per heavy atom. The SMILES string of the molecule is O=C(O)c1coc(C(=O)Nc2cc(Cl)ccc2F)c1. The largest absolute Gasteiger partial charge is 0.478 e. The molecule has 0 fully saturated rings. The second-order valence-electron chi connectivity index (χ2n) is 3.58. The van der Waals surface area contributed by atoms with Crippen molar-refractivity contribution in [2.45, 2.75) is 0 Å². The Hall–Kier alpha value is -2.34. The summed E-state index contributed by atoms with van der Waals surface area (Å²) in [6, 6.07) is 4.71. The van der Waals surface area contributed by atoms with Gasteiger partial charge < -0.3 is 14.8 Å². The van der Waals surface area contributed by atoms with Crippen LogP contribution in [-0.2, 0) is 0 Å². The summed E-state index contributed by atoms with van der Waals surface area (Å²) < 4.78 is 18.2. The van der Waals surface area contributed by atoms with E-state index in [1.165, 1.54) is 12.1 Å². The van der Waals surface area contributed by atoms with Gasteiger partial charge >= 0.3 is 5.97 Å². The van der Waals surface area contributed by atoms with E-state index in [0.717, 1.165) is 18.4 Å². The van der Waals surface area contributed by atoms with E-state index < -0.39 is 17.7 Å². The van der Waals surface area contributed by atoms with Gasteiger partial charge in [-0.1, -0.05) is 11.6 Å². The number of anilines is 1. The lowest BCUT2D eigenvalue weighted by molar-refractivity contribution is 0.0696. The highest BCUT2D eigenvalue weighted by Gasteiger charge is 2.16. The van der Waals surface area contributed by atoms with Crippen LogP contribution in [-0.4, -0.2) is 17.0 Å². The van der Waals surface area contributed by atoms with Gasteiger partial charge in [-0.25, -0.2) is 9.18 Å². The van der Waals surface area contributed by atoms with Crippen LogP contribution < -0.4 is 5.32 Å². The molecule has 0 radical (unpaired) electrons. The van der Waals surface area contributed by atoms with Crippen molar-refractivity contribution < 1.29 is 23.5 Å². The van der Waals surface area contributed by atoms with Crippen LogP contribution >= 0.6 is 11.6 Å². The summed E-state index contributed by atoms with van der Waals surface area (Å²) in [4.78, 5) is 22.3. The average Bonchev–Trinajstić information content (AvgIpc) is 2.83. The van der Waals surface area contributed by atoms with E-state index in [1.807, 2.05) is 0 Å². The standard InChI is InChI=1S/C12H7ClFNO4/c13-7-1-2-8(14)9(4-7)15-11(16)10-3-6(5-19-10)12(17)18/h1-5H,(H,15,16)(H,17,18). The van der Waals surface area contributed by atoms with Crippen LogP contribution in [0.1, 0.15) is 20.9 Å². The highest BCUT2D eigenvalue weighted by molar-refractivity contribution is 6.31. The maximum Gasteiger partial charge on any atom is 0.338 e. The minimum absolute atomic E-state index is 0.120. The number of amides is 1. The van der Waals surface area contributed by atoms with Gasteiger partial charge in [0.1, 0.15) is 12.1 Å². The number of halogens is 2. The minimum atomic E-state index is -1.23. The van der Waals surface area contributed by atoms with Gasteiger partial charge in [-0.2, -0.15) is 0 Å². The molecule has 1 aromatic carbocycles. The molecular weight excluding hydrogens is 277 g/mol. The molecule has 0 aliphatic heterocycles. The predicted octanol–water partition coefficient (Wildman–Crippen LogP) is 3.02. The van der Waals surface area contributed by atoms with E-state index in [2.05, 4.69) is 5.32 Å². The summed E-state index contributed by atoms with van der Waals surface area (Å²) in [5.74, 6) is -2.90. The van der Waals surface area contributed by atoms with Crippen LogP contribution in [0.4, 0.5) is 10.1 Å². The zero-order valence-corrected chi connectivity index (χ0v) is 10.1. The smallest absolute Gasteiger partial charge is 0.338 e. The fourth-order valence-electron chi connectivity index (χ4n) is 1.34. The summed E-state index contributed by atoms with van der Waals surface area (Å²) in [6.45, 7) is 0.